The first-order chi connectivity index (χ1) is 10.1. The van der Waals surface area contributed by atoms with E-state index >= 15 is 0 Å². The van der Waals surface area contributed by atoms with Crippen LogP contribution in [0.25, 0.3) is 0 Å². The lowest BCUT2D eigenvalue weighted by Gasteiger charge is -2.37. The maximum atomic E-state index is 12.0. The fourth-order valence-corrected chi connectivity index (χ4v) is 4.39. The molecule has 1 aromatic rings. The first kappa shape index (κ1) is 14.8. The fourth-order valence-electron chi connectivity index (χ4n) is 3.55. The summed E-state index contributed by atoms with van der Waals surface area (Å²) in [6.45, 7) is 2.90. The molecule has 1 N–H and O–H groups in total. The number of nitrogens with one attached hydrogen (secondary N) is 1. The molecule has 6 heteroatoms. The summed E-state index contributed by atoms with van der Waals surface area (Å²) in [5, 5.41) is 3.58. The molecule has 2 saturated heterocycles. The number of anilines is 1. The maximum absolute atomic E-state index is 12.0. The first-order valence-electron chi connectivity index (χ1n) is 7.69. The number of piperidine rings is 1. The third-order valence-corrected chi connectivity index (χ3v) is 5.69. The van der Waals surface area contributed by atoms with Crippen molar-refractivity contribution in [3.8, 4) is 0 Å². The highest BCUT2D eigenvalue weighted by Crippen LogP contribution is 2.30. The molecule has 5 nitrogen and oxygen atoms in total. The van der Waals surface area contributed by atoms with Gasteiger partial charge in [-0.3, -0.25) is 0 Å². The van der Waals surface area contributed by atoms with Crippen LogP contribution < -0.4 is 10.2 Å². The van der Waals surface area contributed by atoms with Crippen LogP contribution in [0, 0.1) is 5.92 Å². The average Bonchev–Trinajstić information content (AvgIpc) is 3.01. The highest BCUT2D eigenvalue weighted by molar-refractivity contribution is 7.90. The van der Waals surface area contributed by atoms with Crippen LogP contribution >= 0.6 is 0 Å². The quantitative estimate of drug-likeness (QED) is 0.916. The summed E-state index contributed by atoms with van der Waals surface area (Å²) in [7, 11) is -3.24. The lowest BCUT2D eigenvalue weighted by atomic mass is 9.90. The molecule has 2 aliphatic heterocycles. The molecule has 0 amide bonds. The van der Waals surface area contributed by atoms with E-state index in [1.165, 1.54) is 25.5 Å². The smallest absolute Gasteiger partial charge is 0.179 e. The van der Waals surface area contributed by atoms with Crippen molar-refractivity contribution in [2.75, 3.05) is 30.8 Å². The van der Waals surface area contributed by atoms with Crippen molar-refractivity contribution >= 4 is 15.7 Å². The lowest BCUT2D eigenvalue weighted by molar-refractivity contribution is 0.327. The maximum Gasteiger partial charge on any atom is 0.179 e. The van der Waals surface area contributed by atoms with Crippen LogP contribution in [-0.4, -0.2) is 45.3 Å². The van der Waals surface area contributed by atoms with Gasteiger partial charge in [-0.2, -0.15) is 0 Å². The van der Waals surface area contributed by atoms with E-state index in [4.69, 9.17) is 0 Å². The summed E-state index contributed by atoms with van der Waals surface area (Å²) < 4.78 is 23.9. The Balaban J connectivity index is 1.83. The Morgan fingerprint density at radius 2 is 2.19 bits per heavy atom. The summed E-state index contributed by atoms with van der Waals surface area (Å²) in [5.41, 5.74) is 0. The van der Waals surface area contributed by atoms with Crippen molar-refractivity contribution in [1.82, 2.24) is 10.3 Å². The SMILES string of the molecule is CS(=O)(=O)c1cccnc1N1CCCC(C2CCCN2)C1. The van der Waals surface area contributed by atoms with Gasteiger partial charge in [-0.1, -0.05) is 0 Å². The van der Waals surface area contributed by atoms with E-state index in [0.29, 0.717) is 22.7 Å². The van der Waals surface area contributed by atoms with Gasteiger partial charge in [0.2, 0.25) is 0 Å². The molecule has 2 aliphatic rings. The van der Waals surface area contributed by atoms with E-state index in [0.717, 1.165) is 26.1 Å². The molecule has 2 fully saturated rings. The minimum absolute atomic E-state index is 0.352. The molecule has 0 spiro atoms. The van der Waals surface area contributed by atoms with Gasteiger partial charge in [0.1, 0.15) is 10.7 Å². The number of nitrogens with zero attached hydrogens (tertiary/aromatic N) is 2. The molecule has 3 heterocycles. The zero-order valence-corrected chi connectivity index (χ0v) is 13.3. The second-order valence-corrected chi connectivity index (χ2v) is 8.13. The van der Waals surface area contributed by atoms with E-state index in [1.807, 2.05) is 0 Å². The van der Waals surface area contributed by atoms with E-state index in [9.17, 15) is 8.42 Å². The molecule has 0 radical (unpaired) electrons. The monoisotopic (exact) mass is 309 g/mol. The average molecular weight is 309 g/mol. The van der Waals surface area contributed by atoms with E-state index in [-0.39, 0.29) is 0 Å². The van der Waals surface area contributed by atoms with Crippen molar-refractivity contribution in [2.24, 2.45) is 5.92 Å². The molecular weight excluding hydrogens is 286 g/mol. The highest BCUT2D eigenvalue weighted by Gasteiger charge is 2.31. The van der Waals surface area contributed by atoms with Crippen LogP contribution in [-0.2, 0) is 9.84 Å². The predicted molar refractivity (Wildman–Crippen MR) is 83.3 cm³/mol. The summed E-state index contributed by atoms with van der Waals surface area (Å²) in [4.78, 5) is 6.87. The minimum atomic E-state index is -3.24. The van der Waals surface area contributed by atoms with Crippen molar-refractivity contribution in [1.29, 1.82) is 0 Å². The molecule has 0 aromatic carbocycles. The van der Waals surface area contributed by atoms with E-state index in [2.05, 4.69) is 15.2 Å². The van der Waals surface area contributed by atoms with E-state index in [1.54, 1.807) is 18.3 Å². The van der Waals surface area contributed by atoms with Gasteiger partial charge in [0, 0.05) is 31.6 Å². The van der Waals surface area contributed by atoms with Crippen LogP contribution in [0.1, 0.15) is 25.7 Å². The van der Waals surface area contributed by atoms with Crippen molar-refractivity contribution in [3.63, 3.8) is 0 Å². The zero-order chi connectivity index (χ0) is 14.9. The van der Waals surface area contributed by atoms with Crippen LogP contribution in [0.2, 0.25) is 0 Å². The molecule has 0 aliphatic carbocycles. The molecular formula is C15H23N3O2S. The minimum Gasteiger partial charge on any atom is -0.355 e. The van der Waals surface area contributed by atoms with Crippen LogP contribution in [0.3, 0.4) is 0 Å². The second kappa shape index (κ2) is 5.93. The second-order valence-electron chi connectivity index (χ2n) is 6.15. The Morgan fingerprint density at radius 3 is 2.90 bits per heavy atom. The summed E-state index contributed by atoms with van der Waals surface area (Å²) in [6, 6.07) is 3.94. The number of aromatic nitrogens is 1. The molecule has 2 unspecified atom stereocenters. The molecule has 0 saturated carbocycles. The molecule has 0 bridgehead atoms. The summed E-state index contributed by atoms with van der Waals surface area (Å²) in [6.07, 6.45) is 7.74. The Bertz CT molecular complexity index is 597. The van der Waals surface area contributed by atoms with Gasteiger partial charge in [-0.05, 0) is 50.3 Å². The Morgan fingerprint density at radius 1 is 1.33 bits per heavy atom. The number of pyridine rings is 1. The van der Waals surface area contributed by atoms with Crippen LogP contribution in [0.15, 0.2) is 23.2 Å². The predicted octanol–water partition coefficient (Wildman–Crippen LogP) is 1.45. The first-order valence-corrected chi connectivity index (χ1v) is 9.58. The third-order valence-electron chi connectivity index (χ3n) is 4.58. The topological polar surface area (TPSA) is 62.3 Å². The van der Waals surface area contributed by atoms with E-state index < -0.39 is 9.84 Å². The zero-order valence-electron chi connectivity index (χ0n) is 12.5. The number of rotatable bonds is 3. The van der Waals surface area contributed by atoms with Gasteiger partial charge in [0.15, 0.2) is 9.84 Å². The van der Waals surface area contributed by atoms with Gasteiger partial charge in [-0.15, -0.1) is 0 Å². The molecule has 116 valence electrons. The largest absolute Gasteiger partial charge is 0.355 e. The number of sulfone groups is 1. The standard InChI is InChI=1S/C15H23N3O2S/c1-21(19,20)14-7-3-9-17-15(14)18-10-4-5-12(11-18)13-6-2-8-16-13/h3,7,9,12-13,16H,2,4-6,8,10-11H2,1H3. The summed E-state index contributed by atoms with van der Waals surface area (Å²) >= 11 is 0. The Kier molecular flexibility index (Phi) is 4.17. The lowest BCUT2D eigenvalue weighted by Crippen LogP contribution is -2.44. The normalized spacial score (nSPS) is 27.0. The van der Waals surface area contributed by atoms with Gasteiger partial charge in [-0.25, -0.2) is 13.4 Å². The number of hydrogen-bond donors (Lipinski definition) is 1. The number of hydrogen-bond acceptors (Lipinski definition) is 5. The van der Waals surface area contributed by atoms with Gasteiger partial charge in [0.05, 0.1) is 0 Å². The van der Waals surface area contributed by atoms with Gasteiger partial charge < -0.3 is 10.2 Å². The van der Waals surface area contributed by atoms with Gasteiger partial charge >= 0.3 is 0 Å². The third kappa shape index (κ3) is 3.21. The fraction of sp³-hybridized carbons (Fsp3) is 0.667. The van der Waals surface area contributed by atoms with Crippen molar-refractivity contribution < 1.29 is 8.42 Å². The Labute approximate surface area is 126 Å². The highest BCUT2D eigenvalue weighted by atomic mass is 32.2. The molecule has 2 atom stereocenters. The van der Waals surface area contributed by atoms with Crippen LogP contribution in [0.4, 0.5) is 5.82 Å². The molecule has 1 aromatic heterocycles. The Hall–Kier alpha value is -1.14. The van der Waals surface area contributed by atoms with Crippen LogP contribution in [0.5, 0.6) is 0 Å². The molecule has 3 rings (SSSR count). The summed E-state index contributed by atoms with van der Waals surface area (Å²) in [5.74, 6) is 1.22. The van der Waals surface area contributed by atoms with Crippen molar-refractivity contribution in [3.05, 3.63) is 18.3 Å². The molecule has 21 heavy (non-hydrogen) atoms. The van der Waals surface area contributed by atoms with Gasteiger partial charge in [0.25, 0.3) is 0 Å². The van der Waals surface area contributed by atoms with Crippen molar-refractivity contribution in [2.45, 2.75) is 36.6 Å².